The molecule has 0 amide bonds. The molecule has 0 saturated heterocycles. The molecule has 88 valence electrons. The van der Waals surface area contributed by atoms with Crippen molar-refractivity contribution in [1.82, 2.24) is 5.32 Å². The molecule has 0 aromatic heterocycles. The molecule has 1 N–H and O–H groups in total. The van der Waals surface area contributed by atoms with Gasteiger partial charge < -0.3 is 5.32 Å². The quantitative estimate of drug-likeness (QED) is 0.701. The maximum Gasteiger partial charge on any atom is 0.416 e. The normalized spacial score (nSPS) is 16.0. The number of likely N-dealkylation sites (N-methyl/N-ethyl adjacent to an activating group) is 1. The summed E-state index contributed by atoms with van der Waals surface area (Å²) in [6, 6.07) is -0.0439. The molecule has 0 saturated carbocycles. The van der Waals surface area contributed by atoms with E-state index < -0.39 is 11.7 Å². The van der Waals surface area contributed by atoms with Gasteiger partial charge in [0.15, 0.2) is 0 Å². The maximum absolute atomic E-state index is 12.4. The van der Waals surface area contributed by atoms with Crippen LogP contribution in [0.25, 0.3) is 0 Å². The van der Waals surface area contributed by atoms with Crippen LogP contribution in [0.15, 0.2) is 23.8 Å². The minimum absolute atomic E-state index is 0.0439. The molecule has 0 aromatic rings. The van der Waals surface area contributed by atoms with Crippen molar-refractivity contribution in [2.75, 3.05) is 6.54 Å². The van der Waals surface area contributed by atoms with E-state index in [0.717, 1.165) is 12.6 Å². The van der Waals surface area contributed by atoms with Gasteiger partial charge >= 0.3 is 6.18 Å². The zero-order valence-corrected chi connectivity index (χ0v) is 9.36. The molecular weight excluding hydrogens is 203 g/mol. The molecular formula is C11H18F3N. The Bertz CT molecular complexity index is 228. The highest BCUT2D eigenvalue weighted by Crippen LogP contribution is 2.26. The summed E-state index contributed by atoms with van der Waals surface area (Å²) in [5, 5.41) is 3.01. The Morgan fingerprint density at radius 3 is 2.33 bits per heavy atom. The highest BCUT2D eigenvalue weighted by molar-refractivity contribution is 5.24. The smallest absolute Gasteiger partial charge is 0.311 e. The Morgan fingerprint density at radius 2 is 1.93 bits per heavy atom. The highest BCUT2D eigenvalue weighted by Gasteiger charge is 2.31. The molecule has 0 bridgehead atoms. The monoisotopic (exact) mass is 221 g/mol. The van der Waals surface area contributed by atoms with Gasteiger partial charge in [-0.05, 0) is 19.9 Å². The second-order valence-electron chi connectivity index (χ2n) is 3.27. The Hall–Kier alpha value is -0.770. The third-order valence-electron chi connectivity index (χ3n) is 1.84. The van der Waals surface area contributed by atoms with Crippen LogP contribution in [-0.4, -0.2) is 18.8 Å². The van der Waals surface area contributed by atoms with Gasteiger partial charge in [0.05, 0.1) is 5.57 Å². The molecule has 0 fully saturated rings. The molecule has 0 aliphatic rings. The van der Waals surface area contributed by atoms with Crippen molar-refractivity contribution >= 4 is 0 Å². The minimum Gasteiger partial charge on any atom is -0.311 e. The summed E-state index contributed by atoms with van der Waals surface area (Å²) in [6.07, 6.45) is -0.0162. The molecule has 0 heterocycles. The van der Waals surface area contributed by atoms with Gasteiger partial charge in [-0.3, -0.25) is 0 Å². The van der Waals surface area contributed by atoms with Crippen LogP contribution in [0.4, 0.5) is 13.2 Å². The summed E-state index contributed by atoms with van der Waals surface area (Å²) in [6.45, 7) is 6.16. The predicted molar refractivity (Wildman–Crippen MR) is 56.7 cm³/mol. The van der Waals surface area contributed by atoms with Crippen molar-refractivity contribution < 1.29 is 13.2 Å². The number of allylic oxidation sites excluding steroid dienone is 3. The zero-order valence-electron chi connectivity index (χ0n) is 9.36. The van der Waals surface area contributed by atoms with E-state index in [1.807, 2.05) is 13.8 Å². The van der Waals surface area contributed by atoms with E-state index >= 15 is 0 Å². The average Bonchev–Trinajstić information content (AvgIpc) is 2.10. The van der Waals surface area contributed by atoms with E-state index in [2.05, 4.69) is 5.32 Å². The Kier molecular flexibility index (Phi) is 6.32. The van der Waals surface area contributed by atoms with Gasteiger partial charge in [0.1, 0.15) is 0 Å². The summed E-state index contributed by atoms with van der Waals surface area (Å²) in [5.41, 5.74) is -0.574. The topological polar surface area (TPSA) is 12.0 Å². The van der Waals surface area contributed by atoms with Crippen LogP contribution >= 0.6 is 0 Å². The summed E-state index contributed by atoms with van der Waals surface area (Å²) < 4.78 is 37.2. The van der Waals surface area contributed by atoms with Crippen molar-refractivity contribution in [3.63, 3.8) is 0 Å². The Labute approximate surface area is 89.1 Å². The second kappa shape index (κ2) is 6.67. The summed E-state index contributed by atoms with van der Waals surface area (Å²) >= 11 is 0. The lowest BCUT2D eigenvalue weighted by Crippen LogP contribution is -2.23. The summed E-state index contributed by atoms with van der Waals surface area (Å²) in [4.78, 5) is 0. The number of nitrogens with one attached hydrogen (secondary N) is 1. The van der Waals surface area contributed by atoms with Crippen LogP contribution < -0.4 is 5.32 Å². The van der Waals surface area contributed by atoms with Gasteiger partial charge in [0, 0.05) is 6.04 Å². The maximum atomic E-state index is 12.4. The summed E-state index contributed by atoms with van der Waals surface area (Å²) in [5.74, 6) is 0. The zero-order chi connectivity index (χ0) is 11.9. The first-order chi connectivity index (χ1) is 6.91. The third kappa shape index (κ3) is 6.33. The van der Waals surface area contributed by atoms with Gasteiger partial charge in [-0.25, -0.2) is 0 Å². The minimum atomic E-state index is -4.25. The van der Waals surface area contributed by atoms with Crippen molar-refractivity contribution in [3.05, 3.63) is 23.8 Å². The van der Waals surface area contributed by atoms with Crippen molar-refractivity contribution in [1.29, 1.82) is 0 Å². The van der Waals surface area contributed by atoms with Gasteiger partial charge in [0.25, 0.3) is 0 Å². The molecule has 15 heavy (non-hydrogen) atoms. The van der Waals surface area contributed by atoms with Crippen LogP contribution in [-0.2, 0) is 0 Å². The first-order valence-electron chi connectivity index (χ1n) is 5.10. The first kappa shape index (κ1) is 14.2. The first-order valence-corrected chi connectivity index (χ1v) is 5.10. The lowest BCUT2D eigenvalue weighted by atomic mass is 10.1. The number of halogens is 3. The van der Waals surface area contributed by atoms with Gasteiger partial charge in [-0.2, -0.15) is 13.2 Å². The van der Waals surface area contributed by atoms with Crippen molar-refractivity contribution in [2.24, 2.45) is 0 Å². The molecule has 0 rings (SSSR count). The van der Waals surface area contributed by atoms with Crippen molar-refractivity contribution in [3.8, 4) is 0 Å². The lowest BCUT2D eigenvalue weighted by molar-refractivity contribution is -0.0884. The van der Waals surface area contributed by atoms with Crippen molar-refractivity contribution in [2.45, 2.75) is 39.4 Å². The Morgan fingerprint density at radius 1 is 1.33 bits per heavy atom. The van der Waals surface area contributed by atoms with E-state index in [-0.39, 0.29) is 6.04 Å². The van der Waals surface area contributed by atoms with Crippen LogP contribution in [0, 0.1) is 0 Å². The lowest BCUT2D eigenvalue weighted by Gasteiger charge is -2.09. The predicted octanol–water partition coefficient (Wildman–Crippen LogP) is 3.44. The fraction of sp³-hybridized carbons (Fsp3) is 0.636. The standard InChI is InChI=1S/C11H18F3N/c1-4-6-10(11(12,13)14)8-7-9(3)15-5-2/h6-9,15H,4-5H2,1-3H3/b8-7-,10-6+. The Balaban J connectivity index is 4.50. The SMILES string of the molecule is CC/C=C(\C=C/C(C)NCC)C(F)(F)F. The van der Waals surface area contributed by atoms with Gasteiger partial charge in [0.2, 0.25) is 0 Å². The third-order valence-corrected chi connectivity index (χ3v) is 1.84. The fourth-order valence-electron chi connectivity index (χ4n) is 1.14. The van der Waals surface area contributed by atoms with Crippen LogP contribution in [0.2, 0.25) is 0 Å². The molecule has 0 spiro atoms. The van der Waals surface area contributed by atoms with Gasteiger partial charge in [-0.15, -0.1) is 0 Å². The number of rotatable bonds is 5. The molecule has 0 radical (unpaired) electrons. The number of alkyl halides is 3. The largest absolute Gasteiger partial charge is 0.416 e. The summed E-state index contributed by atoms with van der Waals surface area (Å²) in [7, 11) is 0. The van der Waals surface area contributed by atoms with E-state index in [1.165, 1.54) is 12.2 Å². The van der Waals surface area contributed by atoms with E-state index in [9.17, 15) is 13.2 Å². The molecule has 0 aliphatic heterocycles. The molecule has 0 aliphatic carbocycles. The number of hydrogen-bond donors (Lipinski definition) is 1. The van der Waals surface area contributed by atoms with Gasteiger partial charge in [-0.1, -0.05) is 32.1 Å². The molecule has 1 unspecified atom stereocenters. The van der Waals surface area contributed by atoms with E-state index in [0.29, 0.717) is 6.42 Å². The molecule has 0 aromatic carbocycles. The second-order valence-corrected chi connectivity index (χ2v) is 3.27. The van der Waals surface area contributed by atoms with Crippen LogP contribution in [0.1, 0.15) is 27.2 Å². The number of hydrogen-bond acceptors (Lipinski definition) is 1. The highest BCUT2D eigenvalue weighted by atomic mass is 19.4. The van der Waals surface area contributed by atoms with Crippen LogP contribution in [0.3, 0.4) is 0 Å². The van der Waals surface area contributed by atoms with Crippen LogP contribution in [0.5, 0.6) is 0 Å². The van der Waals surface area contributed by atoms with E-state index in [1.54, 1.807) is 6.92 Å². The molecule has 1 nitrogen and oxygen atoms in total. The fourth-order valence-corrected chi connectivity index (χ4v) is 1.14. The molecule has 4 heteroatoms. The van der Waals surface area contributed by atoms with E-state index in [4.69, 9.17) is 0 Å². The average molecular weight is 221 g/mol. The molecule has 1 atom stereocenters.